The maximum atomic E-state index is 11.9. The second-order valence-corrected chi connectivity index (χ2v) is 5.61. The quantitative estimate of drug-likeness (QED) is 0.759. The summed E-state index contributed by atoms with van der Waals surface area (Å²) in [5, 5.41) is 11.7. The van der Waals surface area contributed by atoms with Gasteiger partial charge in [0.1, 0.15) is 5.65 Å². The van der Waals surface area contributed by atoms with Crippen molar-refractivity contribution in [2.45, 2.75) is 19.3 Å². The zero-order valence-electron chi connectivity index (χ0n) is 13.3. The molecular weight excluding hydrogens is 300 g/mol. The Morgan fingerprint density at radius 3 is 2.75 bits per heavy atom. The Morgan fingerprint density at radius 1 is 1.17 bits per heavy atom. The third-order valence-electron chi connectivity index (χ3n) is 3.84. The number of nitrogens with zero attached hydrogens (tertiary/aromatic N) is 3. The van der Waals surface area contributed by atoms with Crippen LogP contribution in [0, 0.1) is 11.3 Å². The van der Waals surface area contributed by atoms with Crippen molar-refractivity contribution in [2.75, 3.05) is 6.54 Å². The third-order valence-corrected chi connectivity index (χ3v) is 3.84. The molecule has 1 amide bonds. The number of hydrogen-bond donors (Lipinski definition) is 1. The smallest absolute Gasteiger partial charge is 0.220 e. The van der Waals surface area contributed by atoms with Crippen molar-refractivity contribution in [2.24, 2.45) is 0 Å². The first-order valence-electron chi connectivity index (χ1n) is 7.93. The van der Waals surface area contributed by atoms with Crippen LogP contribution in [0.1, 0.15) is 23.2 Å². The molecule has 0 atom stereocenters. The molecule has 1 N–H and O–H groups in total. The number of aryl methyl sites for hydroxylation is 1. The number of aromatic nitrogens is 2. The van der Waals surface area contributed by atoms with Gasteiger partial charge in [0.25, 0.3) is 0 Å². The molecule has 120 valence electrons. The number of carbonyl (C=O) groups is 1. The van der Waals surface area contributed by atoms with Crippen LogP contribution in [0.25, 0.3) is 5.65 Å². The summed E-state index contributed by atoms with van der Waals surface area (Å²) in [6.07, 6.45) is 5.77. The molecule has 3 rings (SSSR count). The Morgan fingerprint density at radius 2 is 2.00 bits per heavy atom. The number of amides is 1. The van der Waals surface area contributed by atoms with Gasteiger partial charge in [-0.05, 0) is 36.2 Å². The Kier molecular flexibility index (Phi) is 4.87. The summed E-state index contributed by atoms with van der Waals surface area (Å²) in [6.45, 7) is 0.579. The van der Waals surface area contributed by atoms with Crippen LogP contribution in [0.4, 0.5) is 0 Å². The maximum absolute atomic E-state index is 11.9. The molecule has 5 nitrogen and oxygen atoms in total. The Balaban J connectivity index is 1.42. The zero-order chi connectivity index (χ0) is 16.8. The van der Waals surface area contributed by atoms with Crippen LogP contribution in [0.3, 0.4) is 0 Å². The fourth-order valence-electron chi connectivity index (χ4n) is 2.53. The average molecular weight is 318 g/mol. The summed E-state index contributed by atoms with van der Waals surface area (Å²) in [7, 11) is 0. The van der Waals surface area contributed by atoms with Crippen LogP contribution in [-0.4, -0.2) is 21.8 Å². The summed E-state index contributed by atoms with van der Waals surface area (Å²) < 4.78 is 1.97. The van der Waals surface area contributed by atoms with Crippen LogP contribution < -0.4 is 5.32 Å². The molecule has 5 heteroatoms. The van der Waals surface area contributed by atoms with Gasteiger partial charge < -0.3 is 9.72 Å². The number of imidazole rings is 1. The van der Waals surface area contributed by atoms with Crippen molar-refractivity contribution in [3.8, 4) is 6.07 Å². The number of nitrogens with one attached hydrogen (secondary N) is 1. The molecule has 0 saturated heterocycles. The average Bonchev–Trinajstić information content (AvgIpc) is 3.03. The van der Waals surface area contributed by atoms with Crippen LogP contribution in [0.5, 0.6) is 0 Å². The van der Waals surface area contributed by atoms with Gasteiger partial charge in [-0.15, -0.1) is 0 Å². The number of carbonyl (C=O) groups excluding carboxylic acids is 1. The predicted octanol–water partition coefficient (Wildman–Crippen LogP) is 2.50. The summed E-state index contributed by atoms with van der Waals surface area (Å²) in [4.78, 5) is 16.4. The van der Waals surface area contributed by atoms with Gasteiger partial charge in [0.15, 0.2) is 0 Å². The minimum absolute atomic E-state index is 0.0307. The van der Waals surface area contributed by atoms with Crippen molar-refractivity contribution in [3.63, 3.8) is 0 Å². The molecule has 3 aromatic rings. The van der Waals surface area contributed by atoms with Gasteiger partial charge in [-0.3, -0.25) is 4.79 Å². The Hall–Kier alpha value is -3.13. The number of fused-ring (bicyclic) bond motifs is 1. The van der Waals surface area contributed by atoms with E-state index < -0.39 is 0 Å². The van der Waals surface area contributed by atoms with Gasteiger partial charge in [0, 0.05) is 31.8 Å². The lowest BCUT2D eigenvalue weighted by atomic mass is 10.1. The number of pyridine rings is 1. The van der Waals surface area contributed by atoms with E-state index in [-0.39, 0.29) is 5.91 Å². The van der Waals surface area contributed by atoms with Crippen LogP contribution in [0.15, 0.2) is 54.9 Å². The van der Waals surface area contributed by atoms with E-state index in [1.807, 2.05) is 47.1 Å². The molecule has 0 radical (unpaired) electrons. The number of hydrogen-bond acceptors (Lipinski definition) is 3. The molecule has 0 unspecified atom stereocenters. The monoisotopic (exact) mass is 318 g/mol. The van der Waals surface area contributed by atoms with E-state index in [0.29, 0.717) is 31.4 Å². The highest BCUT2D eigenvalue weighted by Gasteiger charge is 2.04. The SMILES string of the molecule is N#Cc1ccc(CCC(=O)NCCc2cn3ccccc3n2)cc1. The van der Waals surface area contributed by atoms with Crippen molar-refractivity contribution in [1.29, 1.82) is 5.26 Å². The molecule has 0 bridgehead atoms. The van der Waals surface area contributed by atoms with Gasteiger partial charge in [-0.2, -0.15) is 5.26 Å². The molecule has 2 aromatic heterocycles. The molecule has 2 heterocycles. The number of nitriles is 1. The molecule has 1 aromatic carbocycles. The highest BCUT2D eigenvalue weighted by atomic mass is 16.1. The van der Waals surface area contributed by atoms with Crippen LogP contribution >= 0.6 is 0 Å². The van der Waals surface area contributed by atoms with Gasteiger partial charge in [0.05, 0.1) is 17.3 Å². The van der Waals surface area contributed by atoms with Gasteiger partial charge in [-0.25, -0.2) is 4.98 Å². The fraction of sp³-hybridized carbons (Fsp3) is 0.211. The second-order valence-electron chi connectivity index (χ2n) is 5.61. The third kappa shape index (κ3) is 3.99. The highest BCUT2D eigenvalue weighted by Crippen LogP contribution is 2.06. The first-order chi connectivity index (χ1) is 11.7. The lowest BCUT2D eigenvalue weighted by Gasteiger charge is -2.04. The summed E-state index contributed by atoms with van der Waals surface area (Å²) in [6, 6.07) is 15.3. The Bertz CT molecular complexity index is 841. The molecule has 0 fully saturated rings. The van der Waals surface area contributed by atoms with Crippen LogP contribution in [-0.2, 0) is 17.6 Å². The highest BCUT2D eigenvalue weighted by molar-refractivity contribution is 5.76. The van der Waals surface area contributed by atoms with E-state index in [9.17, 15) is 4.79 Å². The lowest BCUT2D eigenvalue weighted by Crippen LogP contribution is -2.25. The predicted molar refractivity (Wildman–Crippen MR) is 91.4 cm³/mol. The van der Waals surface area contributed by atoms with E-state index in [1.165, 1.54) is 0 Å². The van der Waals surface area contributed by atoms with Crippen molar-refractivity contribution >= 4 is 11.6 Å². The number of rotatable bonds is 6. The number of benzene rings is 1. The lowest BCUT2D eigenvalue weighted by molar-refractivity contribution is -0.121. The van der Waals surface area contributed by atoms with Crippen molar-refractivity contribution in [3.05, 3.63) is 71.7 Å². The standard InChI is InChI=1S/C19H18N4O/c20-13-16-6-4-15(5-7-16)8-9-19(24)21-11-10-17-14-23-12-2-1-3-18(23)22-17/h1-7,12,14H,8-11H2,(H,21,24). The maximum Gasteiger partial charge on any atom is 0.220 e. The molecule has 0 saturated carbocycles. The first-order valence-corrected chi connectivity index (χ1v) is 7.93. The van der Waals surface area contributed by atoms with Crippen molar-refractivity contribution in [1.82, 2.24) is 14.7 Å². The first kappa shape index (κ1) is 15.8. The summed E-state index contributed by atoms with van der Waals surface area (Å²) in [5.74, 6) is 0.0307. The topological polar surface area (TPSA) is 70.2 Å². The second kappa shape index (κ2) is 7.42. The minimum Gasteiger partial charge on any atom is -0.356 e. The van der Waals surface area contributed by atoms with E-state index in [1.54, 1.807) is 12.1 Å². The molecular formula is C19H18N4O. The zero-order valence-corrected chi connectivity index (χ0v) is 13.3. The van der Waals surface area contributed by atoms with E-state index in [4.69, 9.17) is 5.26 Å². The summed E-state index contributed by atoms with van der Waals surface area (Å²) in [5.41, 5.74) is 3.58. The van der Waals surface area contributed by atoms with Crippen LogP contribution in [0.2, 0.25) is 0 Å². The molecule has 0 aliphatic carbocycles. The molecule has 0 spiro atoms. The van der Waals surface area contributed by atoms with Crippen molar-refractivity contribution < 1.29 is 4.79 Å². The van der Waals surface area contributed by atoms with E-state index in [2.05, 4.69) is 16.4 Å². The van der Waals surface area contributed by atoms with Gasteiger partial charge >= 0.3 is 0 Å². The normalized spacial score (nSPS) is 10.5. The molecule has 0 aliphatic rings. The largest absolute Gasteiger partial charge is 0.356 e. The van der Waals surface area contributed by atoms with E-state index in [0.717, 1.165) is 16.9 Å². The molecule has 24 heavy (non-hydrogen) atoms. The van der Waals surface area contributed by atoms with Gasteiger partial charge in [-0.1, -0.05) is 18.2 Å². The van der Waals surface area contributed by atoms with Gasteiger partial charge in [0.2, 0.25) is 5.91 Å². The fourth-order valence-corrected chi connectivity index (χ4v) is 2.53. The molecule has 0 aliphatic heterocycles. The summed E-state index contributed by atoms with van der Waals surface area (Å²) >= 11 is 0. The minimum atomic E-state index is 0.0307. The Labute approximate surface area is 140 Å². The van der Waals surface area contributed by atoms with E-state index >= 15 is 0 Å².